The second-order valence-corrected chi connectivity index (χ2v) is 6.07. The number of rotatable bonds is 6. The van der Waals surface area contributed by atoms with Crippen LogP contribution in [0.25, 0.3) is 0 Å². The first-order valence-corrected chi connectivity index (χ1v) is 8.44. The van der Waals surface area contributed by atoms with Gasteiger partial charge >= 0.3 is 12.1 Å². The fourth-order valence-corrected chi connectivity index (χ4v) is 1.96. The molecule has 6 nitrogen and oxygen atoms in total. The maximum atomic E-state index is 11.8. The van der Waals surface area contributed by atoms with Crippen LogP contribution >= 0.6 is 0 Å². The van der Waals surface area contributed by atoms with Gasteiger partial charge in [0, 0.05) is 13.0 Å². The largest absolute Gasteiger partial charge is 0.497 e. The topological polar surface area (TPSA) is 73.9 Å². The van der Waals surface area contributed by atoms with Crippen molar-refractivity contribution in [3.8, 4) is 5.75 Å². The van der Waals surface area contributed by atoms with E-state index in [-0.39, 0.29) is 12.4 Å². The van der Waals surface area contributed by atoms with E-state index in [9.17, 15) is 9.59 Å². The van der Waals surface area contributed by atoms with Crippen LogP contribution in [0.3, 0.4) is 0 Å². The molecule has 0 saturated carbocycles. The van der Waals surface area contributed by atoms with Gasteiger partial charge in [0.25, 0.3) is 0 Å². The van der Waals surface area contributed by atoms with Crippen molar-refractivity contribution in [3.05, 3.63) is 29.3 Å². The van der Waals surface area contributed by atoms with E-state index in [4.69, 9.17) is 9.47 Å². The molecule has 0 aliphatic rings. The Hall–Kier alpha value is -2.24. The summed E-state index contributed by atoms with van der Waals surface area (Å²) >= 11 is 0. The Kier molecular flexibility index (Phi) is 10.3. The zero-order chi connectivity index (χ0) is 19.5. The van der Waals surface area contributed by atoms with Crippen molar-refractivity contribution in [1.82, 2.24) is 5.32 Å². The lowest BCUT2D eigenvalue weighted by Crippen LogP contribution is -2.32. The van der Waals surface area contributed by atoms with Crippen molar-refractivity contribution in [2.45, 2.75) is 59.6 Å². The summed E-state index contributed by atoms with van der Waals surface area (Å²) in [7, 11) is 2.94. The van der Waals surface area contributed by atoms with E-state index in [1.807, 2.05) is 32.0 Å². The molecule has 0 spiro atoms. The Balaban J connectivity index is 0.00000277. The Morgan fingerprint density at radius 3 is 2.24 bits per heavy atom. The minimum absolute atomic E-state index is 0.271. The third-order valence-electron chi connectivity index (χ3n) is 3.06. The smallest absolute Gasteiger partial charge is 0.407 e. The van der Waals surface area contributed by atoms with Gasteiger partial charge in [-0.1, -0.05) is 19.9 Å². The van der Waals surface area contributed by atoms with Crippen LogP contribution in [-0.4, -0.2) is 31.9 Å². The second-order valence-electron chi connectivity index (χ2n) is 6.07. The summed E-state index contributed by atoms with van der Waals surface area (Å²) < 4.78 is 15.1. The Morgan fingerprint density at radius 1 is 1.08 bits per heavy atom. The zero-order valence-corrected chi connectivity index (χ0v) is 16.4. The third kappa shape index (κ3) is 9.59. The fourth-order valence-electron chi connectivity index (χ4n) is 1.96. The van der Waals surface area contributed by atoms with Gasteiger partial charge in [0.2, 0.25) is 0 Å². The van der Waals surface area contributed by atoms with E-state index < -0.39 is 11.7 Å². The summed E-state index contributed by atoms with van der Waals surface area (Å²) in [6.45, 7) is 9.71. The summed E-state index contributed by atoms with van der Waals surface area (Å²) in [5.41, 5.74) is 1.28. The molecule has 0 radical (unpaired) electrons. The summed E-state index contributed by atoms with van der Waals surface area (Å²) in [4.78, 5) is 23.1. The lowest BCUT2D eigenvalue weighted by molar-refractivity contribution is -0.140. The van der Waals surface area contributed by atoms with E-state index >= 15 is 0 Å². The number of alkyl carbamates (subject to hydrolysis) is 1. The second kappa shape index (κ2) is 11.3. The quantitative estimate of drug-likeness (QED) is 0.786. The molecule has 1 rings (SSSR count). The summed E-state index contributed by atoms with van der Waals surface area (Å²) in [5, 5.41) is 2.72. The van der Waals surface area contributed by atoms with Crippen molar-refractivity contribution in [1.29, 1.82) is 0 Å². The molecule has 6 heteroatoms. The zero-order valence-electron chi connectivity index (χ0n) is 16.4. The number of benzene rings is 1. The number of aryl methyl sites for hydroxylation is 1. The van der Waals surface area contributed by atoms with Crippen LogP contribution in [0.1, 0.15) is 52.2 Å². The molecule has 1 aromatic rings. The maximum absolute atomic E-state index is 11.8. The highest BCUT2D eigenvalue weighted by molar-refractivity contribution is 5.69. The molecule has 1 N–H and O–H groups in total. The van der Waals surface area contributed by atoms with Gasteiger partial charge in [0.05, 0.1) is 14.2 Å². The summed E-state index contributed by atoms with van der Waals surface area (Å²) in [5.74, 6) is 0.416. The molecule has 0 heterocycles. The normalized spacial score (nSPS) is 10.2. The van der Waals surface area contributed by atoms with Crippen LogP contribution in [0.15, 0.2) is 18.2 Å². The van der Waals surface area contributed by atoms with Crippen molar-refractivity contribution in [3.63, 3.8) is 0 Å². The van der Waals surface area contributed by atoms with E-state index in [1.165, 1.54) is 7.11 Å². The van der Waals surface area contributed by atoms with Crippen molar-refractivity contribution in [2.75, 3.05) is 14.2 Å². The molecule has 25 heavy (non-hydrogen) atoms. The van der Waals surface area contributed by atoms with Gasteiger partial charge in [0.15, 0.2) is 0 Å². The Labute approximate surface area is 150 Å². The first kappa shape index (κ1) is 22.8. The van der Waals surface area contributed by atoms with Crippen LogP contribution in [-0.2, 0) is 27.2 Å². The van der Waals surface area contributed by atoms with Crippen LogP contribution < -0.4 is 10.1 Å². The van der Waals surface area contributed by atoms with Gasteiger partial charge in [0.1, 0.15) is 11.4 Å². The minimum Gasteiger partial charge on any atom is -0.497 e. The van der Waals surface area contributed by atoms with Gasteiger partial charge in [-0.3, -0.25) is 4.79 Å². The number of amides is 1. The molecule has 0 atom stereocenters. The molecule has 0 aliphatic carbocycles. The Morgan fingerprint density at radius 2 is 1.72 bits per heavy atom. The Bertz CT molecular complexity index is 549. The summed E-state index contributed by atoms with van der Waals surface area (Å²) in [6, 6.07) is 5.54. The van der Waals surface area contributed by atoms with Gasteiger partial charge in [-0.15, -0.1) is 0 Å². The molecule has 0 fully saturated rings. The molecular weight excluding hydrogens is 322 g/mol. The monoisotopic (exact) mass is 353 g/mol. The molecule has 0 aliphatic heterocycles. The summed E-state index contributed by atoms with van der Waals surface area (Å²) in [6.07, 6.45) is 0.323. The van der Waals surface area contributed by atoms with E-state index in [2.05, 4.69) is 10.1 Å². The predicted octanol–water partition coefficient (Wildman–Crippen LogP) is 3.85. The highest BCUT2D eigenvalue weighted by Crippen LogP contribution is 2.19. The molecule has 0 aromatic heterocycles. The number of esters is 1. The first-order chi connectivity index (χ1) is 11.7. The average molecular weight is 353 g/mol. The third-order valence-corrected chi connectivity index (χ3v) is 3.06. The standard InChI is InChI=1S/C17H25NO5.C2H6/c1-17(2,3)23-16(20)18-11-13-10-14(21-4)8-6-12(13)7-9-15(19)22-5;1-2/h6,8,10H,7,9,11H2,1-5H3,(H,18,20);1-2H3. The molecule has 1 aromatic carbocycles. The van der Waals surface area contributed by atoms with E-state index in [0.717, 1.165) is 11.1 Å². The molecule has 142 valence electrons. The number of methoxy groups -OCH3 is 2. The number of carbonyl (C=O) groups is 2. The van der Waals surface area contributed by atoms with E-state index in [0.29, 0.717) is 18.7 Å². The fraction of sp³-hybridized carbons (Fsp3) is 0.579. The molecular formula is C19H31NO5. The van der Waals surface area contributed by atoms with Crippen LogP contribution in [0, 0.1) is 0 Å². The number of hydrogen-bond donors (Lipinski definition) is 1. The molecule has 0 unspecified atom stereocenters. The minimum atomic E-state index is -0.549. The highest BCUT2D eigenvalue weighted by Gasteiger charge is 2.16. The van der Waals surface area contributed by atoms with Crippen molar-refractivity contribution >= 4 is 12.1 Å². The van der Waals surface area contributed by atoms with Gasteiger partial charge in [-0.05, 0) is 50.5 Å². The first-order valence-electron chi connectivity index (χ1n) is 8.44. The van der Waals surface area contributed by atoms with Gasteiger partial charge < -0.3 is 19.5 Å². The highest BCUT2D eigenvalue weighted by atomic mass is 16.6. The van der Waals surface area contributed by atoms with Crippen molar-refractivity contribution in [2.24, 2.45) is 0 Å². The lowest BCUT2D eigenvalue weighted by Gasteiger charge is -2.20. The number of hydrogen-bond acceptors (Lipinski definition) is 5. The van der Waals surface area contributed by atoms with Gasteiger partial charge in [-0.25, -0.2) is 4.79 Å². The number of ether oxygens (including phenoxy) is 3. The maximum Gasteiger partial charge on any atom is 0.407 e. The SMILES string of the molecule is CC.COC(=O)CCc1ccc(OC)cc1CNC(=O)OC(C)(C)C. The van der Waals surface area contributed by atoms with Crippen LogP contribution in [0.5, 0.6) is 5.75 Å². The van der Waals surface area contributed by atoms with E-state index in [1.54, 1.807) is 27.9 Å². The molecule has 1 amide bonds. The lowest BCUT2D eigenvalue weighted by atomic mass is 10.0. The van der Waals surface area contributed by atoms with Crippen LogP contribution in [0.4, 0.5) is 4.79 Å². The molecule has 0 bridgehead atoms. The average Bonchev–Trinajstić information content (AvgIpc) is 2.58. The number of nitrogens with one attached hydrogen (secondary N) is 1. The number of carbonyl (C=O) groups excluding carboxylic acids is 2. The predicted molar refractivity (Wildman–Crippen MR) is 97.8 cm³/mol. The van der Waals surface area contributed by atoms with Gasteiger partial charge in [-0.2, -0.15) is 0 Å². The van der Waals surface area contributed by atoms with Crippen LogP contribution in [0.2, 0.25) is 0 Å². The van der Waals surface area contributed by atoms with Crippen molar-refractivity contribution < 1.29 is 23.8 Å². The molecule has 0 saturated heterocycles.